The highest BCUT2D eigenvalue weighted by Crippen LogP contribution is 2.29. The molecule has 3 rings (SSSR count). The Balaban J connectivity index is 1.66. The van der Waals surface area contributed by atoms with Crippen molar-refractivity contribution in [2.24, 2.45) is 0 Å². The molecule has 136 valence electrons. The lowest BCUT2D eigenvalue weighted by molar-refractivity contribution is -0.121. The smallest absolute Gasteiger partial charge is 0.226 e. The first-order valence-electron chi connectivity index (χ1n) is 8.09. The molecule has 1 atom stereocenters. The zero-order chi connectivity index (χ0) is 18.5. The van der Waals surface area contributed by atoms with Gasteiger partial charge in [0, 0.05) is 21.9 Å². The number of ether oxygens (including phenoxy) is 2. The molecule has 0 unspecified atom stereocenters. The fraction of sp³-hybridized carbons (Fsp3) is 0.263. The van der Waals surface area contributed by atoms with Crippen LogP contribution in [0.25, 0.3) is 10.6 Å². The van der Waals surface area contributed by atoms with Crippen LogP contribution in [0.1, 0.15) is 24.2 Å². The Hall–Kier alpha value is -2.38. The van der Waals surface area contributed by atoms with Crippen molar-refractivity contribution in [3.05, 3.63) is 51.7 Å². The standard InChI is InChI=1S/C19H20N2O3S2/c1-12(16-9-15(23-2)4-5-17(16)24-3)20-18(22)8-14-11-26-19(21-14)13-6-7-25-10-13/h4-7,9-12H,8H2,1-3H3,(H,20,22)/t12-/m1/s1. The predicted octanol–water partition coefficient (Wildman–Crippen LogP) is 4.31. The molecular weight excluding hydrogens is 368 g/mol. The number of hydrogen-bond acceptors (Lipinski definition) is 6. The summed E-state index contributed by atoms with van der Waals surface area (Å²) < 4.78 is 10.7. The summed E-state index contributed by atoms with van der Waals surface area (Å²) in [6.07, 6.45) is 0.247. The fourth-order valence-electron chi connectivity index (χ4n) is 2.62. The van der Waals surface area contributed by atoms with E-state index in [1.54, 1.807) is 36.9 Å². The molecule has 0 aliphatic heterocycles. The summed E-state index contributed by atoms with van der Waals surface area (Å²) in [6.45, 7) is 1.92. The second-order valence-electron chi connectivity index (χ2n) is 5.73. The molecule has 1 aromatic carbocycles. The van der Waals surface area contributed by atoms with Crippen LogP contribution >= 0.6 is 22.7 Å². The van der Waals surface area contributed by atoms with E-state index >= 15 is 0 Å². The molecule has 3 aromatic rings. The zero-order valence-corrected chi connectivity index (χ0v) is 16.4. The molecule has 7 heteroatoms. The highest BCUT2D eigenvalue weighted by atomic mass is 32.1. The van der Waals surface area contributed by atoms with Crippen LogP contribution in [0.3, 0.4) is 0 Å². The van der Waals surface area contributed by atoms with Gasteiger partial charge in [-0.2, -0.15) is 11.3 Å². The van der Waals surface area contributed by atoms with Gasteiger partial charge in [-0.25, -0.2) is 4.98 Å². The molecule has 0 radical (unpaired) electrons. The lowest BCUT2D eigenvalue weighted by Crippen LogP contribution is -2.28. The third-order valence-corrected chi connectivity index (χ3v) is 5.57. The van der Waals surface area contributed by atoms with Crippen LogP contribution in [-0.2, 0) is 11.2 Å². The van der Waals surface area contributed by atoms with Gasteiger partial charge in [0.2, 0.25) is 5.91 Å². The van der Waals surface area contributed by atoms with E-state index in [0.29, 0.717) is 5.75 Å². The number of amides is 1. The SMILES string of the molecule is COc1ccc(OC)c([C@@H](C)NC(=O)Cc2csc(-c3ccsc3)n2)c1. The third-order valence-electron chi connectivity index (χ3n) is 3.94. The van der Waals surface area contributed by atoms with Crippen molar-refractivity contribution < 1.29 is 14.3 Å². The Labute approximate surface area is 160 Å². The molecule has 2 aromatic heterocycles. The summed E-state index contributed by atoms with van der Waals surface area (Å²) in [4.78, 5) is 17.0. The number of thiazole rings is 1. The van der Waals surface area contributed by atoms with Crippen molar-refractivity contribution in [2.75, 3.05) is 14.2 Å². The van der Waals surface area contributed by atoms with Crippen molar-refractivity contribution in [1.29, 1.82) is 0 Å². The molecule has 0 bridgehead atoms. The fourth-order valence-corrected chi connectivity index (χ4v) is 4.15. The van der Waals surface area contributed by atoms with Gasteiger partial charge < -0.3 is 14.8 Å². The Morgan fingerprint density at radius 1 is 1.23 bits per heavy atom. The number of carbonyl (C=O) groups is 1. The molecule has 0 saturated carbocycles. The average molecular weight is 389 g/mol. The first-order valence-corrected chi connectivity index (χ1v) is 9.91. The maximum Gasteiger partial charge on any atom is 0.226 e. The first-order chi connectivity index (χ1) is 12.6. The minimum Gasteiger partial charge on any atom is -0.497 e. The maximum absolute atomic E-state index is 12.4. The first kappa shape index (κ1) is 18.4. The van der Waals surface area contributed by atoms with Crippen LogP contribution in [0.2, 0.25) is 0 Å². The second kappa shape index (κ2) is 8.33. The van der Waals surface area contributed by atoms with Crippen LogP contribution in [0.5, 0.6) is 11.5 Å². The van der Waals surface area contributed by atoms with Crippen LogP contribution in [0.4, 0.5) is 0 Å². The molecule has 0 aliphatic rings. The summed E-state index contributed by atoms with van der Waals surface area (Å²) in [7, 11) is 3.23. The molecule has 26 heavy (non-hydrogen) atoms. The number of benzene rings is 1. The Morgan fingerprint density at radius 3 is 2.77 bits per heavy atom. The molecule has 0 spiro atoms. The number of hydrogen-bond donors (Lipinski definition) is 1. The Kier molecular flexibility index (Phi) is 5.90. The van der Waals surface area contributed by atoms with Crippen molar-refractivity contribution in [3.8, 4) is 22.1 Å². The number of methoxy groups -OCH3 is 2. The van der Waals surface area contributed by atoms with E-state index in [-0.39, 0.29) is 18.4 Å². The van der Waals surface area contributed by atoms with Crippen molar-refractivity contribution in [3.63, 3.8) is 0 Å². The second-order valence-corrected chi connectivity index (χ2v) is 7.37. The molecule has 2 heterocycles. The monoisotopic (exact) mass is 388 g/mol. The van der Waals surface area contributed by atoms with Gasteiger partial charge in [0.15, 0.2) is 0 Å². The lowest BCUT2D eigenvalue weighted by atomic mass is 10.1. The van der Waals surface area contributed by atoms with Crippen LogP contribution in [0, 0.1) is 0 Å². The lowest BCUT2D eigenvalue weighted by Gasteiger charge is -2.18. The minimum absolute atomic E-state index is 0.0791. The van der Waals surface area contributed by atoms with Gasteiger partial charge in [-0.05, 0) is 36.6 Å². The Bertz CT molecular complexity index is 875. The van der Waals surface area contributed by atoms with Crippen LogP contribution in [-0.4, -0.2) is 25.1 Å². The molecule has 0 aliphatic carbocycles. The molecule has 1 N–H and O–H groups in total. The highest BCUT2D eigenvalue weighted by molar-refractivity contribution is 7.14. The van der Waals surface area contributed by atoms with E-state index in [2.05, 4.69) is 15.7 Å². The summed E-state index contributed by atoms with van der Waals surface area (Å²) in [6, 6.07) is 7.37. The predicted molar refractivity (Wildman–Crippen MR) is 105 cm³/mol. The minimum atomic E-state index is -0.206. The number of nitrogens with zero attached hydrogens (tertiary/aromatic N) is 1. The summed E-state index contributed by atoms with van der Waals surface area (Å²) in [5.74, 6) is 1.36. The number of rotatable bonds is 7. The van der Waals surface area contributed by atoms with Gasteiger partial charge in [-0.3, -0.25) is 4.79 Å². The van der Waals surface area contributed by atoms with Gasteiger partial charge in [-0.1, -0.05) is 0 Å². The van der Waals surface area contributed by atoms with Gasteiger partial charge in [0.1, 0.15) is 16.5 Å². The topological polar surface area (TPSA) is 60.5 Å². The molecule has 0 saturated heterocycles. The van der Waals surface area contributed by atoms with E-state index in [9.17, 15) is 4.79 Å². The summed E-state index contributed by atoms with van der Waals surface area (Å²) in [5.41, 5.74) is 2.75. The number of carbonyl (C=O) groups excluding carboxylic acids is 1. The van der Waals surface area contributed by atoms with E-state index in [1.165, 1.54) is 0 Å². The van der Waals surface area contributed by atoms with Crippen LogP contribution in [0.15, 0.2) is 40.4 Å². The van der Waals surface area contributed by atoms with E-state index in [1.807, 2.05) is 41.9 Å². The van der Waals surface area contributed by atoms with Gasteiger partial charge in [0.25, 0.3) is 0 Å². The molecule has 5 nitrogen and oxygen atoms in total. The molecule has 1 amide bonds. The average Bonchev–Trinajstić information content (AvgIpc) is 3.32. The van der Waals surface area contributed by atoms with Gasteiger partial charge >= 0.3 is 0 Å². The van der Waals surface area contributed by atoms with E-state index in [0.717, 1.165) is 27.6 Å². The number of aromatic nitrogens is 1. The number of thiophene rings is 1. The van der Waals surface area contributed by atoms with Crippen LogP contribution < -0.4 is 14.8 Å². The summed E-state index contributed by atoms with van der Waals surface area (Å²) >= 11 is 3.19. The van der Waals surface area contributed by atoms with E-state index < -0.39 is 0 Å². The third kappa shape index (κ3) is 4.23. The quantitative estimate of drug-likeness (QED) is 0.655. The molecule has 0 fully saturated rings. The van der Waals surface area contributed by atoms with Crippen molar-refractivity contribution in [2.45, 2.75) is 19.4 Å². The van der Waals surface area contributed by atoms with Crippen molar-refractivity contribution in [1.82, 2.24) is 10.3 Å². The molecular formula is C19H20N2O3S2. The maximum atomic E-state index is 12.4. The largest absolute Gasteiger partial charge is 0.497 e. The number of nitrogens with one attached hydrogen (secondary N) is 1. The highest BCUT2D eigenvalue weighted by Gasteiger charge is 2.16. The Morgan fingerprint density at radius 2 is 2.08 bits per heavy atom. The normalized spacial score (nSPS) is 11.8. The van der Waals surface area contributed by atoms with Gasteiger partial charge in [0.05, 0.1) is 32.4 Å². The van der Waals surface area contributed by atoms with Gasteiger partial charge in [-0.15, -0.1) is 11.3 Å². The van der Waals surface area contributed by atoms with Crippen molar-refractivity contribution >= 4 is 28.6 Å². The van der Waals surface area contributed by atoms with E-state index in [4.69, 9.17) is 9.47 Å². The summed E-state index contributed by atoms with van der Waals surface area (Å²) in [5, 5.41) is 9.96. The zero-order valence-electron chi connectivity index (χ0n) is 14.8.